The summed E-state index contributed by atoms with van der Waals surface area (Å²) in [7, 11) is 0. The number of aromatic nitrogens is 5. The van der Waals surface area contributed by atoms with Gasteiger partial charge in [0.2, 0.25) is 6.79 Å². The first-order valence-corrected chi connectivity index (χ1v) is 13.1. The van der Waals surface area contributed by atoms with Gasteiger partial charge in [0.25, 0.3) is 5.56 Å². The van der Waals surface area contributed by atoms with Gasteiger partial charge in [-0.05, 0) is 71.1 Å². The fourth-order valence-corrected chi connectivity index (χ4v) is 5.03. The van der Waals surface area contributed by atoms with Crippen molar-refractivity contribution in [3.05, 3.63) is 111 Å². The van der Waals surface area contributed by atoms with E-state index in [0.717, 1.165) is 51.3 Å². The van der Waals surface area contributed by atoms with Gasteiger partial charge in [-0.2, -0.15) is 0 Å². The number of hydrogen-bond donors (Lipinski definition) is 1. The quantitative estimate of drug-likeness (QED) is 0.308. The van der Waals surface area contributed by atoms with Crippen molar-refractivity contribution in [2.24, 2.45) is 0 Å². The van der Waals surface area contributed by atoms with E-state index in [4.69, 9.17) is 9.47 Å². The largest absolute Gasteiger partial charge is 0.454 e. The summed E-state index contributed by atoms with van der Waals surface area (Å²) in [5.41, 5.74) is 5.94. The average Bonchev–Trinajstić information content (AvgIpc) is 3.60. The number of hydrogen-bond acceptors (Lipinski definition) is 7. The predicted octanol–water partition coefficient (Wildman–Crippen LogP) is 4.31. The van der Waals surface area contributed by atoms with Gasteiger partial charge >= 0.3 is 0 Å². The molecule has 1 N–H and O–H groups in total. The lowest BCUT2D eigenvalue weighted by atomic mass is 10.0. The first kappa shape index (κ1) is 24.8. The summed E-state index contributed by atoms with van der Waals surface area (Å²) in [5, 5.41) is 13.6. The van der Waals surface area contributed by atoms with Crippen LogP contribution < -0.4 is 15.0 Å². The first-order chi connectivity index (χ1) is 19.0. The highest BCUT2D eigenvalue weighted by Gasteiger charge is 2.19. The zero-order valence-electron chi connectivity index (χ0n) is 22.1. The fourth-order valence-electron chi connectivity index (χ4n) is 5.03. The molecule has 1 aliphatic rings. The monoisotopic (exact) mass is 522 g/mol. The third kappa shape index (κ3) is 5.39. The summed E-state index contributed by atoms with van der Waals surface area (Å²) in [6.07, 6.45) is 0.823. The van der Waals surface area contributed by atoms with Crippen molar-refractivity contribution in [1.82, 2.24) is 30.1 Å². The highest BCUT2D eigenvalue weighted by Crippen LogP contribution is 2.33. The highest BCUT2D eigenvalue weighted by atomic mass is 16.7. The molecule has 5 aromatic rings. The van der Waals surface area contributed by atoms with Gasteiger partial charge in [-0.25, -0.2) is 4.68 Å². The molecule has 198 valence electrons. The second-order valence-corrected chi connectivity index (χ2v) is 10.00. The van der Waals surface area contributed by atoms with E-state index >= 15 is 0 Å². The Bertz CT molecular complexity index is 1680. The summed E-state index contributed by atoms with van der Waals surface area (Å²) in [6.45, 7) is 6.45. The fraction of sp³-hybridized carbons (Fsp3) is 0.267. The van der Waals surface area contributed by atoms with Crippen LogP contribution in [0.3, 0.4) is 0 Å². The zero-order valence-corrected chi connectivity index (χ0v) is 22.1. The molecule has 9 heteroatoms. The zero-order chi connectivity index (χ0) is 26.8. The minimum Gasteiger partial charge on any atom is -0.454 e. The normalized spacial score (nSPS) is 12.5. The van der Waals surface area contributed by atoms with Crippen LogP contribution in [0.2, 0.25) is 0 Å². The highest BCUT2D eigenvalue weighted by molar-refractivity contribution is 5.85. The molecule has 0 saturated carbocycles. The molecule has 0 fully saturated rings. The molecule has 3 aromatic carbocycles. The molecular formula is C30H30N6O3. The van der Waals surface area contributed by atoms with Gasteiger partial charge < -0.3 is 14.5 Å². The number of tetrazole rings is 1. The predicted molar refractivity (Wildman–Crippen MR) is 148 cm³/mol. The molecule has 39 heavy (non-hydrogen) atoms. The Morgan fingerprint density at radius 1 is 0.897 bits per heavy atom. The molecule has 6 rings (SSSR count). The molecule has 0 saturated heterocycles. The molecule has 0 spiro atoms. The van der Waals surface area contributed by atoms with Crippen LogP contribution in [0.15, 0.2) is 71.5 Å². The molecule has 0 bridgehead atoms. The average molecular weight is 523 g/mol. The van der Waals surface area contributed by atoms with Crippen LogP contribution >= 0.6 is 0 Å². The first-order valence-electron chi connectivity index (χ1n) is 13.1. The standard InChI is InChI=1S/C30H30N6O3/c1-20-8-9-21(2)29-25(20)15-24(30(37)31-29)17-35(16-23-10-11-26-27(14-23)39-19-38-26)18-28-32-33-34-36(28)13-12-22-6-4-3-5-7-22/h3-11,14-15H,12-13,16-19H2,1-2H3,(H,31,37). The van der Waals surface area contributed by atoms with Crippen LogP contribution in [0.25, 0.3) is 10.9 Å². The van der Waals surface area contributed by atoms with Crippen molar-refractivity contribution in [3.63, 3.8) is 0 Å². The number of ether oxygens (including phenoxy) is 2. The number of H-pyrrole nitrogens is 1. The third-order valence-electron chi connectivity index (χ3n) is 7.18. The lowest BCUT2D eigenvalue weighted by Crippen LogP contribution is -2.28. The Hall–Kier alpha value is -4.50. The number of aryl methyl sites for hydroxylation is 4. The Morgan fingerprint density at radius 2 is 1.72 bits per heavy atom. The van der Waals surface area contributed by atoms with Gasteiger partial charge in [-0.1, -0.05) is 48.5 Å². The Kier molecular flexibility index (Phi) is 6.81. The van der Waals surface area contributed by atoms with Gasteiger partial charge in [0, 0.05) is 30.6 Å². The lowest BCUT2D eigenvalue weighted by molar-refractivity contribution is 0.174. The van der Waals surface area contributed by atoms with E-state index in [0.29, 0.717) is 31.7 Å². The van der Waals surface area contributed by atoms with Crippen molar-refractivity contribution in [1.29, 1.82) is 0 Å². The maximum atomic E-state index is 13.2. The number of pyridine rings is 1. The SMILES string of the molecule is Cc1ccc(C)c2[nH]c(=O)c(CN(Cc3ccc4c(c3)OCO4)Cc3nnnn3CCc3ccccc3)cc12. The summed E-state index contributed by atoms with van der Waals surface area (Å²) >= 11 is 0. The van der Waals surface area contributed by atoms with Crippen LogP contribution in [0.1, 0.15) is 33.6 Å². The summed E-state index contributed by atoms with van der Waals surface area (Å²) < 4.78 is 12.9. The van der Waals surface area contributed by atoms with Crippen molar-refractivity contribution < 1.29 is 9.47 Å². The number of fused-ring (bicyclic) bond motifs is 2. The van der Waals surface area contributed by atoms with Gasteiger partial charge in [0.05, 0.1) is 12.1 Å². The van der Waals surface area contributed by atoms with E-state index < -0.39 is 0 Å². The maximum Gasteiger partial charge on any atom is 0.252 e. The van der Waals surface area contributed by atoms with E-state index in [-0.39, 0.29) is 12.4 Å². The number of aromatic amines is 1. The molecule has 1 aliphatic heterocycles. The second-order valence-electron chi connectivity index (χ2n) is 10.00. The van der Waals surface area contributed by atoms with Gasteiger partial charge in [0.15, 0.2) is 17.3 Å². The smallest absolute Gasteiger partial charge is 0.252 e. The van der Waals surface area contributed by atoms with Crippen molar-refractivity contribution in [2.45, 2.75) is 46.4 Å². The molecule has 0 radical (unpaired) electrons. The number of rotatable bonds is 9. The number of nitrogens with one attached hydrogen (secondary N) is 1. The minimum atomic E-state index is -0.0874. The van der Waals surface area contributed by atoms with Crippen LogP contribution in [-0.2, 0) is 32.6 Å². The second kappa shape index (κ2) is 10.7. The molecule has 0 aliphatic carbocycles. The van der Waals surface area contributed by atoms with Crippen LogP contribution in [0.4, 0.5) is 0 Å². The molecule has 0 unspecified atom stereocenters. The summed E-state index contributed by atoms with van der Waals surface area (Å²) in [5.74, 6) is 2.22. The van der Waals surface area contributed by atoms with Crippen LogP contribution in [-0.4, -0.2) is 36.9 Å². The number of benzene rings is 3. The van der Waals surface area contributed by atoms with E-state index in [1.165, 1.54) is 5.56 Å². The van der Waals surface area contributed by atoms with E-state index in [1.807, 2.05) is 60.1 Å². The van der Waals surface area contributed by atoms with Gasteiger partial charge in [-0.15, -0.1) is 5.10 Å². The Morgan fingerprint density at radius 3 is 2.59 bits per heavy atom. The molecule has 0 amide bonds. The third-order valence-corrected chi connectivity index (χ3v) is 7.18. The van der Waals surface area contributed by atoms with E-state index in [1.54, 1.807) is 0 Å². The molecule has 9 nitrogen and oxygen atoms in total. The molecule has 3 heterocycles. The Balaban J connectivity index is 1.29. The Labute approximate surface area is 226 Å². The minimum absolute atomic E-state index is 0.0874. The molecular weight excluding hydrogens is 492 g/mol. The van der Waals surface area contributed by atoms with Crippen molar-refractivity contribution in [2.75, 3.05) is 6.79 Å². The topological polar surface area (TPSA) is 98.2 Å². The van der Waals surface area contributed by atoms with E-state index in [2.05, 4.69) is 50.5 Å². The van der Waals surface area contributed by atoms with Gasteiger partial charge in [0.1, 0.15) is 0 Å². The van der Waals surface area contributed by atoms with Crippen LogP contribution in [0.5, 0.6) is 11.5 Å². The van der Waals surface area contributed by atoms with E-state index in [9.17, 15) is 4.79 Å². The maximum absolute atomic E-state index is 13.2. The van der Waals surface area contributed by atoms with Crippen molar-refractivity contribution in [3.8, 4) is 11.5 Å². The van der Waals surface area contributed by atoms with Crippen molar-refractivity contribution >= 4 is 10.9 Å². The lowest BCUT2D eigenvalue weighted by Gasteiger charge is -2.22. The van der Waals surface area contributed by atoms with Crippen LogP contribution in [0, 0.1) is 13.8 Å². The summed E-state index contributed by atoms with van der Waals surface area (Å²) in [6, 6.07) is 22.4. The summed E-state index contributed by atoms with van der Waals surface area (Å²) in [4.78, 5) is 18.5. The van der Waals surface area contributed by atoms with Gasteiger partial charge in [-0.3, -0.25) is 9.69 Å². The molecule has 2 aromatic heterocycles. The molecule has 0 atom stereocenters. The number of nitrogens with zero attached hydrogens (tertiary/aromatic N) is 5.